The van der Waals surface area contributed by atoms with Gasteiger partial charge < -0.3 is 0 Å². The fraction of sp³-hybridized carbons (Fsp3) is 0.846. The molecule has 1 N–H and O–H groups in total. The van der Waals surface area contributed by atoms with Crippen molar-refractivity contribution < 1.29 is 0 Å². The molecule has 1 aromatic heterocycles. The van der Waals surface area contributed by atoms with Gasteiger partial charge in [-0.2, -0.15) is 5.10 Å². The molecule has 3 heteroatoms. The quantitative estimate of drug-likeness (QED) is 0.841. The molecular formula is C13H23N3. The van der Waals surface area contributed by atoms with Crippen LogP contribution >= 0.6 is 0 Å². The highest BCUT2D eigenvalue weighted by Crippen LogP contribution is 2.31. The molecule has 1 aromatic rings. The van der Waals surface area contributed by atoms with Crippen molar-refractivity contribution >= 4 is 0 Å². The number of hydrogen-bond donors (Lipinski definition) is 1. The van der Waals surface area contributed by atoms with Crippen LogP contribution < -0.4 is 0 Å². The largest absolute Gasteiger partial charge is 0.263 e. The van der Waals surface area contributed by atoms with Gasteiger partial charge in [-0.15, -0.1) is 0 Å². The summed E-state index contributed by atoms with van der Waals surface area (Å²) in [5, 5.41) is 7.56. The van der Waals surface area contributed by atoms with Gasteiger partial charge in [0.1, 0.15) is 5.82 Å². The van der Waals surface area contributed by atoms with Crippen LogP contribution in [0.25, 0.3) is 0 Å². The first kappa shape index (κ1) is 11.6. The van der Waals surface area contributed by atoms with Gasteiger partial charge >= 0.3 is 0 Å². The average molecular weight is 221 g/mol. The second kappa shape index (κ2) is 5.46. The molecule has 0 bridgehead atoms. The van der Waals surface area contributed by atoms with E-state index in [4.69, 9.17) is 4.98 Å². The third-order valence-electron chi connectivity index (χ3n) is 3.86. The predicted octanol–water partition coefficient (Wildman–Crippen LogP) is 3.76. The number of aromatic nitrogens is 3. The van der Waals surface area contributed by atoms with Crippen LogP contribution in [0.2, 0.25) is 0 Å². The van der Waals surface area contributed by atoms with Gasteiger partial charge in [-0.05, 0) is 25.7 Å². The predicted molar refractivity (Wildman–Crippen MR) is 65.5 cm³/mol. The number of nitrogens with zero attached hydrogens (tertiary/aromatic N) is 2. The maximum atomic E-state index is 4.71. The Bertz CT molecular complexity index is 309. The Morgan fingerprint density at radius 2 is 1.88 bits per heavy atom. The zero-order valence-electron chi connectivity index (χ0n) is 10.5. The van der Waals surface area contributed by atoms with E-state index in [9.17, 15) is 0 Å². The normalized spacial score (nSPS) is 18.2. The molecule has 1 fully saturated rings. The molecule has 0 atom stereocenters. The monoisotopic (exact) mass is 221 g/mol. The maximum Gasteiger partial charge on any atom is 0.153 e. The van der Waals surface area contributed by atoms with Crippen LogP contribution in [0.15, 0.2) is 0 Å². The molecule has 3 nitrogen and oxygen atoms in total. The topological polar surface area (TPSA) is 41.6 Å². The van der Waals surface area contributed by atoms with Crippen molar-refractivity contribution in [3.63, 3.8) is 0 Å². The molecule has 1 heterocycles. The van der Waals surface area contributed by atoms with Gasteiger partial charge in [0.05, 0.1) is 0 Å². The molecule has 1 aliphatic carbocycles. The van der Waals surface area contributed by atoms with Crippen molar-refractivity contribution in [1.29, 1.82) is 0 Å². The van der Waals surface area contributed by atoms with E-state index in [2.05, 4.69) is 24.0 Å². The zero-order valence-corrected chi connectivity index (χ0v) is 10.5. The summed E-state index contributed by atoms with van der Waals surface area (Å²) >= 11 is 0. The standard InChI is InChI=1S/C13H23N3/c1-3-10(4-2)12-14-13(16-15-12)11-8-6-5-7-9-11/h10-11H,3-9H2,1-2H3,(H,14,15,16). The van der Waals surface area contributed by atoms with E-state index < -0.39 is 0 Å². The van der Waals surface area contributed by atoms with Gasteiger partial charge in [-0.3, -0.25) is 5.10 Å². The lowest BCUT2D eigenvalue weighted by Gasteiger charge is -2.18. The van der Waals surface area contributed by atoms with Crippen molar-refractivity contribution in [3.8, 4) is 0 Å². The molecule has 0 spiro atoms. The fourth-order valence-corrected chi connectivity index (χ4v) is 2.68. The third kappa shape index (κ3) is 2.45. The zero-order chi connectivity index (χ0) is 11.4. The van der Waals surface area contributed by atoms with E-state index in [1.165, 1.54) is 32.1 Å². The molecule has 0 aromatic carbocycles. The minimum absolute atomic E-state index is 0.536. The Morgan fingerprint density at radius 1 is 1.19 bits per heavy atom. The Kier molecular flexibility index (Phi) is 3.97. The van der Waals surface area contributed by atoms with Gasteiger partial charge in [0.2, 0.25) is 0 Å². The van der Waals surface area contributed by atoms with E-state index in [-0.39, 0.29) is 0 Å². The molecule has 16 heavy (non-hydrogen) atoms. The summed E-state index contributed by atoms with van der Waals surface area (Å²) in [5.41, 5.74) is 0. The molecular weight excluding hydrogens is 198 g/mol. The number of aromatic amines is 1. The lowest BCUT2D eigenvalue weighted by atomic mass is 9.89. The third-order valence-corrected chi connectivity index (χ3v) is 3.86. The first-order valence-electron chi connectivity index (χ1n) is 6.77. The molecule has 1 saturated carbocycles. The van der Waals surface area contributed by atoms with Gasteiger partial charge in [-0.25, -0.2) is 4.98 Å². The van der Waals surface area contributed by atoms with Crippen LogP contribution in [0.5, 0.6) is 0 Å². The molecule has 2 rings (SSSR count). The minimum atomic E-state index is 0.536. The fourth-order valence-electron chi connectivity index (χ4n) is 2.68. The molecule has 0 radical (unpaired) electrons. The smallest absolute Gasteiger partial charge is 0.153 e. The summed E-state index contributed by atoms with van der Waals surface area (Å²) in [5.74, 6) is 3.35. The Morgan fingerprint density at radius 3 is 2.50 bits per heavy atom. The lowest BCUT2D eigenvalue weighted by Crippen LogP contribution is -2.06. The van der Waals surface area contributed by atoms with Gasteiger partial charge in [0, 0.05) is 11.8 Å². The number of rotatable bonds is 4. The molecule has 0 unspecified atom stereocenters. The Labute approximate surface area is 98.1 Å². The summed E-state index contributed by atoms with van der Waals surface area (Å²) in [6, 6.07) is 0. The van der Waals surface area contributed by atoms with Crippen LogP contribution in [0.3, 0.4) is 0 Å². The molecule has 0 amide bonds. The Balaban J connectivity index is 2.05. The second-order valence-electron chi connectivity index (χ2n) is 4.93. The molecule has 0 saturated heterocycles. The van der Waals surface area contributed by atoms with Gasteiger partial charge in [0.25, 0.3) is 0 Å². The van der Waals surface area contributed by atoms with Crippen LogP contribution in [0, 0.1) is 0 Å². The van der Waals surface area contributed by atoms with Crippen LogP contribution in [-0.2, 0) is 0 Å². The van der Waals surface area contributed by atoms with Crippen molar-refractivity contribution in [1.82, 2.24) is 15.2 Å². The number of H-pyrrole nitrogens is 1. The van der Waals surface area contributed by atoms with Crippen LogP contribution in [0.1, 0.15) is 82.3 Å². The first-order valence-corrected chi connectivity index (χ1v) is 6.77. The van der Waals surface area contributed by atoms with Crippen molar-refractivity contribution in [2.75, 3.05) is 0 Å². The summed E-state index contributed by atoms with van der Waals surface area (Å²) in [6.07, 6.45) is 8.95. The summed E-state index contributed by atoms with van der Waals surface area (Å²) < 4.78 is 0. The van der Waals surface area contributed by atoms with Crippen LogP contribution in [-0.4, -0.2) is 15.2 Å². The van der Waals surface area contributed by atoms with Crippen molar-refractivity contribution in [3.05, 3.63) is 11.6 Å². The maximum absolute atomic E-state index is 4.71. The second-order valence-corrected chi connectivity index (χ2v) is 4.93. The van der Waals surface area contributed by atoms with E-state index in [0.29, 0.717) is 11.8 Å². The van der Waals surface area contributed by atoms with Crippen molar-refractivity contribution in [2.24, 2.45) is 0 Å². The highest BCUT2D eigenvalue weighted by molar-refractivity contribution is 5.02. The average Bonchev–Trinajstić information content (AvgIpc) is 2.81. The molecule has 90 valence electrons. The highest BCUT2D eigenvalue weighted by Gasteiger charge is 2.20. The van der Waals surface area contributed by atoms with Crippen LogP contribution in [0.4, 0.5) is 0 Å². The number of hydrogen-bond acceptors (Lipinski definition) is 2. The van der Waals surface area contributed by atoms with E-state index in [0.717, 1.165) is 24.5 Å². The summed E-state index contributed by atoms with van der Waals surface area (Å²) in [4.78, 5) is 4.71. The van der Waals surface area contributed by atoms with Gasteiger partial charge in [0.15, 0.2) is 5.82 Å². The minimum Gasteiger partial charge on any atom is -0.263 e. The van der Waals surface area contributed by atoms with E-state index >= 15 is 0 Å². The first-order chi connectivity index (χ1) is 7.85. The number of nitrogens with one attached hydrogen (secondary N) is 1. The van der Waals surface area contributed by atoms with Crippen molar-refractivity contribution in [2.45, 2.75) is 70.6 Å². The Hall–Kier alpha value is -0.860. The molecule has 0 aliphatic heterocycles. The van der Waals surface area contributed by atoms with E-state index in [1.54, 1.807) is 0 Å². The molecule has 1 aliphatic rings. The lowest BCUT2D eigenvalue weighted by molar-refractivity contribution is 0.429. The van der Waals surface area contributed by atoms with Gasteiger partial charge in [-0.1, -0.05) is 33.1 Å². The summed E-state index contributed by atoms with van der Waals surface area (Å²) in [6.45, 7) is 4.43. The SMILES string of the molecule is CCC(CC)c1n[nH]c(C2CCCCC2)n1. The summed E-state index contributed by atoms with van der Waals surface area (Å²) in [7, 11) is 0. The highest BCUT2D eigenvalue weighted by atomic mass is 15.2. The van der Waals surface area contributed by atoms with E-state index in [1.807, 2.05) is 0 Å².